The minimum absolute atomic E-state index is 0.111. The summed E-state index contributed by atoms with van der Waals surface area (Å²) in [6.07, 6.45) is 0.111. The Kier molecular flexibility index (Phi) is 2.50. The number of hydrogen-bond acceptors (Lipinski definition) is 3. The lowest BCUT2D eigenvalue weighted by Crippen LogP contribution is -2.22. The van der Waals surface area contributed by atoms with Gasteiger partial charge in [0.2, 0.25) is 0 Å². The van der Waals surface area contributed by atoms with Crippen LogP contribution in [0.1, 0.15) is 22.1 Å². The van der Waals surface area contributed by atoms with E-state index in [9.17, 15) is 0 Å². The molecule has 1 aliphatic heterocycles. The van der Waals surface area contributed by atoms with E-state index in [1.54, 1.807) is 11.3 Å². The van der Waals surface area contributed by atoms with E-state index in [2.05, 4.69) is 26.7 Å². The Labute approximate surface area is 83.8 Å². The van der Waals surface area contributed by atoms with Crippen LogP contribution in [0.25, 0.3) is 0 Å². The van der Waals surface area contributed by atoms with Crippen molar-refractivity contribution in [1.29, 1.82) is 0 Å². The van der Waals surface area contributed by atoms with Gasteiger partial charge in [0.05, 0.1) is 17.5 Å². The van der Waals surface area contributed by atoms with Crippen molar-refractivity contribution in [2.75, 3.05) is 13.2 Å². The van der Waals surface area contributed by atoms with E-state index < -0.39 is 0 Å². The first-order valence-electron chi connectivity index (χ1n) is 3.84. The molecule has 2 N–H and O–H groups in total. The highest BCUT2D eigenvalue weighted by Gasteiger charge is 2.25. The predicted octanol–water partition coefficient (Wildman–Crippen LogP) is 2.21. The van der Waals surface area contributed by atoms with Gasteiger partial charge in [0.15, 0.2) is 0 Å². The van der Waals surface area contributed by atoms with Crippen LogP contribution in [0.3, 0.4) is 0 Å². The molecule has 0 aliphatic carbocycles. The van der Waals surface area contributed by atoms with Crippen LogP contribution in [-0.2, 0) is 4.74 Å². The Hall–Kier alpha value is 0.100. The van der Waals surface area contributed by atoms with Gasteiger partial charge in [-0.15, -0.1) is 0 Å². The fourth-order valence-corrected chi connectivity index (χ4v) is 3.08. The summed E-state index contributed by atoms with van der Waals surface area (Å²) in [6, 6.07) is 0. The molecule has 2 heterocycles. The number of alkyl halides is 1. The van der Waals surface area contributed by atoms with E-state index in [-0.39, 0.29) is 6.10 Å². The van der Waals surface area contributed by atoms with Crippen molar-refractivity contribution in [2.45, 2.75) is 10.9 Å². The van der Waals surface area contributed by atoms with E-state index >= 15 is 0 Å². The summed E-state index contributed by atoms with van der Waals surface area (Å²) in [5, 5.41) is 4.29. The molecule has 0 spiro atoms. The van der Waals surface area contributed by atoms with Crippen molar-refractivity contribution in [3.05, 3.63) is 21.9 Å². The quantitative estimate of drug-likeness (QED) is 0.773. The van der Waals surface area contributed by atoms with Crippen LogP contribution in [0.5, 0.6) is 0 Å². The summed E-state index contributed by atoms with van der Waals surface area (Å²) >= 11 is 5.28. The van der Waals surface area contributed by atoms with Crippen molar-refractivity contribution < 1.29 is 4.74 Å². The highest BCUT2D eigenvalue weighted by Crippen LogP contribution is 2.38. The van der Waals surface area contributed by atoms with Gasteiger partial charge >= 0.3 is 0 Å². The van der Waals surface area contributed by atoms with Crippen LogP contribution in [-0.4, -0.2) is 13.2 Å². The Morgan fingerprint density at radius 2 is 2.33 bits per heavy atom. The first-order valence-corrected chi connectivity index (χ1v) is 5.70. The van der Waals surface area contributed by atoms with Crippen LogP contribution in [0.15, 0.2) is 10.8 Å². The van der Waals surface area contributed by atoms with Crippen molar-refractivity contribution in [1.82, 2.24) is 0 Å². The van der Waals surface area contributed by atoms with E-state index in [0.717, 1.165) is 6.61 Å². The normalized spacial score (nSPS) is 28.5. The molecule has 0 aromatic carbocycles. The minimum Gasteiger partial charge on any atom is -0.371 e. The van der Waals surface area contributed by atoms with Gasteiger partial charge in [0.25, 0.3) is 0 Å². The van der Waals surface area contributed by atoms with E-state index in [4.69, 9.17) is 10.5 Å². The van der Waals surface area contributed by atoms with Crippen molar-refractivity contribution in [3.63, 3.8) is 0 Å². The standard InChI is InChI=1S/C8H10BrNOS/c9-7-2-11-8(1-10)6-4-12-3-5(6)7/h3-4,7-8H,1-2,10H2. The SMILES string of the molecule is NCC1OCC(Br)c2cscc21. The first-order chi connectivity index (χ1) is 5.83. The van der Waals surface area contributed by atoms with Gasteiger partial charge in [-0.25, -0.2) is 0 Å². The van der Waals surface area contributed by atoms with Crippen LogP contribution >= 0.6 is 27.3 Å². The maximum Gasteiger partial charge on any atom is 0.0958 e. The maximum atomic E-state index is 5.59. The van der Waals surface area contributed by atoms with Crippen molar-refractivity contribution in [3.8, 4) is 0 Å². The largest absolute Gasteiger partial charge is 0.371 e. The molecular weight excluding hydrogens is 238 g/mol. The van der Waals surface area contributed by atoms with Crippen LogP contribution in [0, 0.1) is 0 Å². The van der Waals surface area contributed by atoms with Crippen LogP contribution < -0.4 is 5.73 Å². The van der Waals surface area contributed by atoms with Crippen molar-refractivity contribution in [2.24, 2.45) is 5.73 Å². The molecule has 2 unspecified atom stereocenters. The summed E-state index contributed by atoms with van der Waals surface area (Å²) in [5.74, 6) is 0. The molecule has 1 aliphatic rings. The van der Waals surface area contributed by atoms with Gasteiger partial charge in [0.1, 0.15) is 0 Å². The van der Waals surface area contributed by atoms with Gasteiger partial charge < -0.3 is 10.5 Å². The Balaban J connectivity index is 2.36. The highest BCUT2D eigenvalue weighted by atomic mass is 79.9. The number of nitrogens with two attached hydrogens (primary N) is 1. The second kappa shape index (κ2) is 3.46. The zero-order valence-electron chi connectivity index (χ0n) is 6.50. The Bertz CT molecular complexity index is 276. The maximum absolute atomic E-state index is 5.59. The Morgan fingerprint density at radius 3 is 3.08 bits per heavy atom. The second-order valence-corrected chi connectivity index (χ2v) is 4.66. The van der Waals surface area contributed by atoms with Gasteiger partial charge in [-0.3, -0.25) is 0 Å². The zero-order chi connectivity index (χ0) is 8.55. The van der Waals surface area contributed by atoms with Gasteiger partial charge in [-0.2, -0.15) is 11.3 Å². The Morgan fingerprint density at radius 1 is 1.58 bits per heavy atom. The van der Waals surface area contributed by atoms with E-state index in [0.29, 0.717) is 11.4 Å². The zero-order valence-corrected chi connectivity index (χ0v) is 8.90. The summed E-state index contributed by atoms with van der Waals surface area (Å²) in [4.78, 5) is 0.349. The average molecular weight is 248 g/mol. The lowest BCUT2D eigenvalue weighted by atomic mass is 10.0. The lowest BCUT2D eigenvalue weighted by Gasteiger charge is -2.25. The molecule has 66 valence electrons. The number of halogens is 1. The number of fused-ring (bicyclic) bond motifs is 1. The second-order valence-electron chi connectivity index (χ2n) is 2.81. The molecule has 12 heavy (non-hydrogen) atoms. The molecule has 4 heteroatoms. The first kappa shape index (κ1) is 8.69. The highest BCUT2D eigenvalue weighted by molar-refractivity contribution is 9.09. The topological polar surface area (TPSA) is 35.2 Å². The third-order valence-electron chi connectivity index (χ3n) is 2.07. The van der Waals surface area contributed by atoms with Crippen LogP contribution in [0.2, 0.25) is 0 Å². The van der Waals surface area contributed by atoms with E-state index in [1.165, 1.54) is 11.1 Å². The summed E-state index contributed by atoms with van der Waals surface area (Å²) in [7, 11) is 0. The molecule has 2 atom stereocenters. The molecule has 0 amide bonds. The third kappa shape index (κ3) is 1.33. The van der Waals surface area contributed by atoms with Gasteiger partial charge in [0, 0.05) is 6.54 Å². The fraction of sp³-hybridized carbons (Fsp3) is 0.500. The summed E-state index contributed by atoms with van der Waals surface area (Å²) in [5.41, 5.74) is 8.20. The molecule has 1 aromatic heterocycles. The fourth-order valence-electron chi connectivity index (χ4n) is 1.41. The molecule has 0 radical (unpaired) electrons. The average Bonchev–Trinajstić information content (AvgIpc) is 2.54. The van der Waals surface area contributed by atoms with Gasteiger partial charge in [-0.05, 0) is 21.9 Å². The molecule has 0 fully saturated rings. The van der Waals surface area contributed by atoms with E-state index in [1.807, 2.05) is 0 Å². The van der Waals surface area contributed by atoms with Crippen LogP contribution in [0.4, 0.5) is 0 Å². The third-order valence-corrected chi connectivity index (χ3v) is 3.60. The summed E-state index contributed by atoms with van der Waals surface area (Å²) in [6.45, 7) is 1.30. The van der Waals surface area contributed by atoms with Gasteiger partial charge in [-0.1, -0.05) is 15.9 Å². The molecular formula is C8H10BrNOS. The lowest BCUT2D eigenvalue weighted by molar-refractivity contribution is 0.0484. The predicted molar refractivity (Wildman–Crippen MR) is 53.7 cm³/mol. The summed E-state index contributed by atoms with van der Waals surface area (Å²) < 4.78 is 5.56. The smallest absolute Gasteiger partial charge is 0.0958 e. The number of hydrogen-bond donors (Lipinski definition) is 1. The minimum atomic E-state index is 0.111. The molecule has 0 saturated carbocycles. The molecule has 0 bridgehead atoms. The van der Waals surface area contributed by atoms with Crippen molar-refractivity contribution >= 4 is 27.3 Å². The molecule has 2 nitrogen and oxygen atoms in total. The molecule has 0 saturated heterocycles. The molecule has 1 aromatic rings. The number of thiophene rings is 1. The monoisotopic (exact) mass is 247 g/mol. The number of ether oxygens (including phenoxy) is 1. The molecule has 2 rings (SSSR count). The number of rotatable bonds is 1.